The van der Waals surface area contributed by atoms with E-state index in [1.165, 1.54) is 24.3 Å². The molecule has 0 spiro atoms. The number of amides is 1. The van der Waals surface area contributed by atoms with Crippen molar-refractivity contribution in [2.45, 2.75) is 25.0 Å². The van der Waals surface area contributed by atoms with E-state index in [2.05, 4.69) is 5.43 Å². The Kier molecular flexibility index (Phi) is 7.93. The van der Waals surface area contributed by atoms with E-state index in [1.807, 2.05) is 11.8 Å². The molecule has 28 heavy (non-hydrogen) atoms. The summed E-state index contributed by atoms with van der Waals surface area (Å²) in [5.74, 6) is 0.356. The highest BCUT2D eigenvalue weighted by Crippen LogP contribution is 2.39. The summed E-state index contributed by atoms with van der Waals surface area (Å²) < 4.78 is 41.4. The highest BCUT2D eigenvalue weighted by atomic mass is 35.5. The summed E-state index contributed by atoms with van der Waals surface area (Å²) in [6, 6.07) is 5.72. The molecule has 0 unspecified atom stereocenters. The van der Waals surface area contributed by atoms with Crippen molar-refractivity contribution >= 4 is 38.9 Å². The topological polar surface area (TPSA) is 103 Å². The summed E-state index contributed by atoms with van der Waals surface area (Å²) in [7, 11) is -3.94. The molecule has 0 aliphatic rings. The number of sulfonamides is 1. The van der Waals surface area contributed by atoms with E-state index in [0.717, 1.165) is 11.3 Å². The van der Waals surface area contributed by atoms with Crippen molar-refractivity contribution in [3.05, 3.63) is 34.2 Å². The summed E-state index contributed by atoms with van der Waals surface area (Å²) in [4.78, 5) is 14.5. The van der Waals surface area contributed by atoms with Gasteiger partial charge in [-0.05, 0) is 45.0 Å². The lowest BCUT2D eigenvalue weighted by molar-refractivity contribution is 0.0944. The summed E-state index contributed by atoms with van der Waals surface area (Å²) in [5.41, 5.74) is 2.31. The molecule has 154 valence electrons. The second kappa shape index (κ2) is 9.97. The lowest BCUT2D eigenvalue weighted by Gasteiger charge is -2.17. The van der Waals surface area contributed by atoms with Crippen molar-refractivity contribution in [3.63, 3.8) is 0 Å². The summed E-state index contributed by atoms with van der Waals surface area (Å²) >= 11 is 6.63. The van der Waals surface area contributed by atoms with E-state index in [0.29, 0.717) is 41.4 Å². The van der Waals surface area contributed by atoms with Crippen LogP contribution in [0.5, 0.6) is 17.2 Å². The van der Waals surface area contributed by atoms with Crippen LogP contribution < -0.4 is 24.5 Å². The smallest absolute Gasteiger partial charge is 0.266 e. The van der Waals surface area contributed by atoms with E-state index in [1.54, 1.807) is 13.8 Å². The van der Waals surface area contributed by atoms with Crippen molar-refractivity contribution in [1.29, 1.82) is 0 Å². The summed E-state index contributed by atoms with van der Waals surface area (Å²) in [5, 5.41) is 0. The zero-order valence-electron chi connectivity index (χ0n) is 15.6. The summed E-state index contributed by atoms with van der Waals surface area (Å²) in [6.07, 6.45) is 0. The Morgan fingerprint density at radius 1 is 1.04 bits per heavy atom. The molecule has 1 amide bonds. The molecular formula is C17H21ClN2O6S2. The number of halogens is 1. The Labute approximate surface area is 172 Å². The minimum absolute atomic E-state index is 0.0190. The Balaban J connectivity index is 2.26. The van der Waals surface area contributed by atoms with E-state index in [9.17, 15) is 13.2 Å². The van der Waals surface area contributed by atoms with E-state index >= 15 is 0 Å². The molecule has 2 N–H and O–H groups in total. The highest BCUT2D eigenvalue weighted by molar-refractivity contribution is 7.91. The number of nitrogens with one attached hydrogen (secondary N) is 2. The monoisotopic (exact) mass is 448 g/mol. The molecular weight excluding hydrogens is 428 g/mol. The predicted octanol–water partition coefficient (Wildman–Crippen LogP) is 3.22. The maximum atomic E-state index is 12.5. The van der Waals surface area contributed by atoms with Gasteiger partial charge in [0.25, 0.3) is 15.9 Å². The molecule has 0 saturated carbocycles. The third kappa shape index (κ3) is 5.51. The summed E-state index contributed by atoms with van der Waals surface area (Å²) in [6.45, 7) is 6.49. The quantitative estimate of drug-likeness (QED) is 0.541. The average molecular weight is 449 g/mol. The standard InChI is InChI=1S/C17H21ClN2O6S2/c1-4-24-12-9-11(10-13(25-5-2)16(12)26-6-3)17(21)19-20-28(22,23)15-8-7-14(18)27-15/h7-10,20H,4-6H2,1-3H3,(H,19,21). The minimum Gasteiger partial charge on any atom is -0.490 e. The number of carbonyl (C=O) groups excluding carboxylic acids is 1. The van der Waals surface area contributed by atoms with Gasteiger partial charge in [0, 0.05) is 5.56 Å². The van der Waals surface area contributed by atoms with Crippen LogP contribution >= 0.6 is 22.9 Å². The van der Waals surface area contributed by atoms with Crippen LogP contribution in [0.25, 0.3) is 0 Å². The molecule has 8 nitrogen and oxygen atoms in total. The van der Waals surface area contributed by atoms with Gasteiger partial charge in [0.15, 0.2) is 11.5 Å². The first kappa shape index (κ1) is 22.3. The van der Waals surface area contributed by atoms with Gasteiger partial charge in [0.05, 0.1) is 24.2 Å². The molecule has 1 aromatic carbocycles. The average Bonchev–Trinajstić information content (AvgIpc) is 3.10. The number of hydrazine groups is 1. The van der Waals surface area contributed by atoms with Gasteiger partial charge in [-0.25, -0.2) is 8.42 Å². The highest BCUT2D eigenvalue weighted by Gasteiger charge is 2.21. The van der Waals surface area contributed by atoms with Gasteiger partial charge in [-0.3, -0.25) is 10.2 Å². The van der Waals surface area contributed by atoms with Crippen molar-refractivity contribution in [1.82, 2.24) is 10.3 Å². The van der Waals surface area contributed by atoms with Crippen LogP contribution in [0.3, 0.4) is 0 Å². The largest absolute Gasteiger partial charge is 0.490 e. The molecule has 0 fully saturated rings. The number of carbonyl (C=O) groups is 1. The van der Waals surface area contributed by atoms with Crippen LogP contribution in [0, 0.1) is 0 Å². The molecule has 0 atom stereocenters. The fourth-order valence-corrected chi connectivity index (χ4v) is 4.52. The van der Waals surface area contributed by atoms with Crippen LogP contribution in [-0.2, 0) is 10.0 Å². The van der Waals surface area contributed by atoms with Crippen LogP contribution in [-0.4, -0.2) is 34.1 Å². The Bertz CT molecular complexity index is 902. The first-order valence-corrected chi connectivity index (χ1v) is 11.1. The lowest BCUT2D eigenvalue weighted by Crippen LogP contribution is -2.41. The van der Waals surface area contributed by atoms with Gasteiger partial charge in [-0.1, -0.05) is 11.6 Å². The number of thiophene rings is 1. The normalized spacial score (nSPS) is 11.1. The number of benzene rings is 1. The molecule has 0 saturated heterocycles. The van der Waals surface area contributed by atoms with Crippen molar-refractivity contribution in [3.8, 4) is 17.2 Å². The van der Waals surface area contributed by atoms with Crippen molar-refractivity contribution in [2.24, 2.45) is 0 Å². The van der Waals surface area contributed by atoms with Gasteiger partial charge in [-0.15, -0.1) is 16.2 Å². The number of hydrogen-bond acceptors (Lipinski definition) is 7. The van der Waals surface area contributed by atoms with Crippen LogP contribution in [0.4, 0.5) is 0 Å². The van der Waals surface area contributed by atoms with Crippen molar-refractivity contribution in [2.75, 3.05) is 19.8 Å². The van der Waals surface area contributed by atoms with Gasteiger partial charge in [0.1, 0.15) is 4.21 Å². The van der Waals surface area contributed by atoms with Gasteiger partial charge < -0.3 is 14.2 Å². The fraction of sp³-hybridized carbons (Fsp3) is 0.353. The van der Waals surface area contributed by atoms with Gasteiger partial charge >= 0.3 is 0 Å². The number of hydrogen-bond donors (Lipinski definition) is 2. The molecule has 0 aliphatic heterocycles. The second-order valence-corrected chi connectivity index (χ2v) is 8.84. The molecule has 1 aromatic heterocycles. The second-order valence-electron chi connectivity index (χ2n) is 5.22. The SMILES string of the molecule is CCOc1cc(C(=O)NNS(=O)(=O)c2ccc(Cl)s2)cc(OCC)c1OCC. The van der Waals surface area contributed by atoms with E-state index < -0.39 is 15.9 Å². The van der Waals surface area contributed by atoms with Crippen molar-refractivity contribution < 1.29 is 27.4 Å². The predicted molar refractivity (Wildman–Crippen MR) is 107 cm³/mol. The van der Waals surface area contributed by atoms with E-state index in [4.69, 9.17) is 25.8 Å². The van der Waals surface area contributed by atoms with Crippen LogP contribution in [0.2, 0.25) is 4.34 Å². The third-order valence-corrected chi connectivity index (χ3v) is 6.25. The number of rotatable bonds is 10. The first-order chi connectivity index (χ1) is 13.3. The molecule has 2 aromatic rings. The molecule has 1 heterocycles. The van der Waals surface area contributed by atoms with Gasteiger partial charge in [0.2, 0.25) is 5.75 Å². The van der Waals surface area contributed by atoms with Crippen LogP contribution in [0.1, 0.15) is 31.1 Å². The lowest BCUT2D eigenvalue weighted by atomic mass is 10.1. The maximum Gasteiger partial charge on any atom is 0.266 e. The first-order valence-electron chi connectivity index (χ1n) is 8.46. The number of ether oxygens (including phenoxy) is 3. The molecule has 2 rings (SSSR count). The van der Waals surface area contributed by atoms with Crippen LogP contribution in [0.15, 0.2) is 28.5 Å². The van der Waals surface area contributed by atoms with E-state index in [-0.39, 0.29) is 9.77 Å². The molecule has 11 heteroatoms. The third-order valence-electron chi connectivity index (χ3n) is 3.28. The zero-order valence-corrected chi connectivity index (χ0v) is 18.0. The fourth-order valence-electron chi connectivity index (χ4n) is 2.20. The molecule has 0 bridgehead atoms. The molecule has 0 aliphatic carbocycles. The maximum absolute atomic E-state index is 12.5. The Morgan fingerprint density at radius 2 is 1.61 bits per heavy atom. The Hall–Kier alpha value is -2.01. The van der Waals surface area contributed by atoms with Gasteiger partial charge in [-0.2, -0.15) is 0 Å². The Morgan fingerprint density at radius 3 is 2.07 bits per heavy atom. The minimum atomic E-state index is -3.94. The zero-order chi connectivity index (χ0) is 20.7. The molecule has 0 radical (unpaired) electrons.